The number of carbonyl (C=O) groups is 1. The van der Waals surface area contributed by atoms with Crippen LogP contribution in [0.2, 0.25) is 0 Å². The molecule has 1 heterocycles. The highest BCUT2D eigenvalue weighted by molar-refractivity contribution is 9.10. The molecule has 1 amide bonds. The Hall–Kier alpha value is -1.34. The first-order valence-electron chi connectivity index (χ1n) is 5.12. The number of aryl methyl sites for hydroxylation is 1. The summed E-state index contributed by atoms with van der Waals surface area (Å²) < 4.78 is 5.68. The van der Waals surface area contributed by atoms with E-state index in [2.05, 4.69) is 44.0 Å². The van der Waals surface area contributed by atoms with Gasteiger partial charge in [-0.2, -0.15) is 4.98 Å². The minimum atomic E-state index is -0.227. The van der Waals surface area contributed by atoms with E-state index in [0.717, 1.165) is 4.47 Å². The third-order valence-electron chi connectivity index (χ3n) is 2.18. The molecule has 5 nitrogen and oxygen atoms in total. The van der Waals surface area contributed by atoms with Crippen LogP contribution in [0, 0.1) is 6.92 Å². The van der Waals surface area contributed by atoms with Gasteiger partial charge in [-0.25, -0.2) is 0 Å². The van der Waals surface area contributed by atoms with Crippen LogP contribution >= 0.6 is 28.6 Å². The summed E-state index contributed by atoms with van der Waals surface area (Å²) in [7, 11) is 0. The highest BCUT2D eigenvalue weighted by Gasteiger charge is 2.11. The summed E-state index contributed by atoms with van der Waals surface area (Å²) in [6, 6.07) is 5.24. The fourth-order valence-electron chi connectivity index (χ4n) is 1.36. The van der Waals surface area contributed by atoms with Crippen LogP contribution in [-0.2, 0) is 6.54 Å². The van der Waals surface area contributed by atoms with Gasteiger partial charge in [-0.1, -0.05) is 21.1 Å². The second-order valence-corrected chi connectivity index (χ2v) is 4.97. The zero-order valence-corrected chi connectivity index (χ0v) is 12.0. The number of thiol groups is 1. The van der Waals surface area contributed by atoms with Gasteiger partial charge >= 0.3 is 0 Å². The van der Waals surface area contributed by atoms with Crippen LogP contribution in [0.5, 0.6) is 0 Å². The van der Waals surface area contributed by atoms with Gasteiger partial charge in [-0.3, -0.25) is 4.79 Å². The van der Waals surface area contributed by atoms with Crippen molar-refractivity contribution in [3.8, 4) is 0 Å². The summed E-state index contributed by atoms with van der Waals surface area (Å²) in [5.41, 5.74) is 0.502. The molecule has 0 unspecified atom stereocenters. The average molecular weight is 328 g/mol. The molecule has 1 aromatic carbocycles. The third kappa shape index (κ3) is 3.11. The number of aromatic nitrogens is 2. The second-order valence-electron chi connectivity index (χ2n) is 3.57. The summed E-state index contributed by atoms with van der Waals surface area (Å²) in [6.07, 6.45) is 0. The van der Waals surface area contributed by atoms with Crippen LogP contribution in [0.25, 0.3) is 0 Å². The lowest BCUT2D eigenvalue weighted by Crippen LogP contribution is -2.23. The Kier molecular flexibility index (Phi) is 4.03. The number of halogens is 1. The van der Waals surface area contributed by atoms with Crippen molar-refractivity contribution in [2.75, 3.05) is 0 Å². The number of rotatable bonds is 3. The molecule has 0 fully saturated rings. The minimum absolute atomic E-state index is 0.222. The van der Waals surface area contributed by atoms with E-state index in [1.54, 1.807) is 25.1 Å². The van der Waals surface area contributed by atoms with Crippen molar-refractivity contribution in [1.29, 1.82) is 0 Å². The van der Waals surface area contributed by atoms with Gasteiger partial charge in [0.1, 0.15) is 0 Å². The van der Waals surface area contributed by atoms with Gasteiger partial charge in [0.25, 0.3) is 5.91 Å². The lowest BCUT2D eigenvalue weighted by Gasteiger charge is -2.05. The standard InChI is InChI=1S/C11H10BrN3O2S/c1-6-14-10(15-17-6)5-13-11(16)8-3-2-7(12)4-9(8)18/h2-4,18H,5H2,1H3,(H,13,16). The summed E-state index contributed by atoms with van der Waals surface area (Å²) in [6.45, 7) is 1.92. The van der Waals surface area contributed by atoms with Crippen molar-refractivity contribution >= 4 is 34.5 Å². The van der Waals surface area contributed by atoms with E-state index in [9.17, 15) is 4.79 Å². The molecule has 18 heavy (non-hydrogen) atoms. The van der Waals surface area contributed by atoms with Crippen LogP contribution in [0.1, 0.15) is 22.1 Å². The molecule has 2 rings (SSSR count). The molecule has 1 aromatic heterocycles. The number of nitrogens with one attached hydrogen (secondary N) is 1. The predicted molar refractivity (Wildman–Crippen MR) is 71.6 cm³/mol. The smallest absolute Gasteiger partial charge is 0.252 e. The molecule has 0 radical (unpaired) electrons. The van der Waals surface area contributed by atoms with Crippen LogP contribution in [-0.4, -0.2) is 16.0 Å². The van der Waals surface area contributed by atoms with Gasteiger partial charge in [0.15, 0.2) is 5.82 Å². The van der Waals surface area contributed by atoms with E-state index in [1.165, 1.54) is 0 Å². The fraction of sp³-hybridized carbons (Fsp3) is 0.182. The summed E-state index contributed by atoms with van der Waals surface area (Å²) >= 11 is 7.56. The number of nitrogens with zero attached hydrogens (tertiary/aromatic N) is 2. The number of amides is 1. The van der Waals surface area contributed by atoms with Crippen molar-refractivity contribution < 1.29 is 9.32 Å². The monoisotopic (exact) mass is 327 g/mol. The van der Waals surface area contributed by atoms with Gasteiger partial charge in [0.05, 0.1) is 12.1 Å². The van der Waals surface area contributed by atoms with E-state index in [1.807, 2.05) is 0 Å². The molecule has 0 spiro atoms. The zero-order valence-electron chi connectivity index (χ0n) is 9.48. The van der Waals surface area contributed by atoms with Crippen LogP contribution < -0.4 is 5.32 Å². The topological polar surface area (TPSA) is 68.0 Å². The molecule has 0 aliphatic carbocycles. The normalized spacial score (nSPS) is 10.4. The third-order valence-corrected chi connectivity index (χ3v) is 3.04. The Bertz CT molecular complexity index is 585. The summed E-state index contributed by atoms with van der Waals surface area (Å²) in [5.74, 6) is 0.686. The van der Waals surface area contributed by atoms with Gasteiger partial charge in [0, 0.05) is 16.3 Å². The first kappa shape index (κ1) is 13.1. The number of benzene rings is 1. The van der Waals surface area contributed by atoms with Gasteiger partial charge in [-0.15, -0.1) is 12.6 Å². The van der Waals surface area contributed by atoms with Crippen molar-refractivity contribution in [2.45, 2.75) is 18.4 Å². The van der Waals surface area contributed by atoms with E-state index in [4.69, 9.17) is 4.52 Å². The van der Waals surface area contributed by atoms with Crippen molar-refractivity contribution in [3.05, 3.63) is 40.0 Å². The minimum Gasteiger partial charge on any atom is -0.345 e. The maximum absolute atomic E-state index is 11.9. The molecule has 0 saturated carbocycles. The van der Waals surface area contributed by atoms with Crippen molar-refractivity contribution in [2.24, 2.45) is 0 Å². The van der Waals surface area contributed by atoms with Crippen LogP contribution in [0.15, 0.2) is 32.1 Å². The van der Waals surface area contributed by atoms with Gasteiger partial charge in [0.2, 0.25) is 5.89 Å². The Labute approximate surface area is 118 Å². The maximum atomic E-state index is 11.9. The molecule has 1 N–H and O–H groups in total. The maximum Gasteiger partial charge on any atom is 0.252 e. The molecule has 0 bridgehead atoms. The van der Waals surface area contributed by atoms with E-state index < -0.39 is 0 Å². The Morgan fingerprint density at radius 2 is 2.33 bits per heavy atom. The molecular weight excluding hydrogens is 318 g/mol. The first-order valence-corrected chi connectivity index (χ1v) is 6.36. The lowest BCUT2D eigenvalue weighted by atomic mass is 10.2. The Morgan fingerprint density at radius 3 is 2.94 bits per heavy atom. The van der Waals surface area contributed by atoms with E-state index in [0.29, 0.717) is 22.2 Å². The quantitative estimate of drug-likeness (QED) is 0.849. The Morgan fingerprint density at radius 1 is 1.56 bits per heavy atom. The van der Waals surface area contributed by atoms with Crippen molar-refractivity contribution in [1.82, 2.24) is 15.5 Å². The largest absolute Gasteiger partial charge is 0.345 e. The van der Waals surface area contributed by atoms with Gasteiger partial charge in [-0.05, 0) is 18.2 Å². The predicted octanol–water partition coefficient (Wildman–Crippen LogP) is 2.36. The van der Waals surface area contributed by atoms with E-state index in [-0.39, 0.29) is 12.5 Å². The second kappa shape index (κ2) is 5.53. The number of hydrogen-bond acceptors (Lipinski definition) is 5. The molecule has 0 aliphatic heterocycles. The molecular formula is C11H10BrN3O2S. The van der Waals surface area contributed by atoms with Crippen LogP contribution in [0.4, 0.5) is 0 Å². The van der Waals surface area contributed by atoms with Gasteiger partial charge < -0.3 is 9.84 Å². The van der Waals surface area contributed by atoms with E-state index >= 15 is 0 Å². The highest BCUT2D eigenvalue weighted by atomic mass is 79.9. The molecule has 2 aromatic rings. The Balaban J connectivity index is 2.03. The molecule has 7 heteroatoms. The highest BCUT2D eigenvalue weighted by Crippen LogP contribution is 2.19. The molecule has 0 saturated heterocycles. The molecule has 0 atom stereocenters. The summed E-state index contributed by atoms with van der Waals surface area (Å²) in [5, 5.41) is 6.39. The summed E-state index contributed by atoms with van der Waals surface area (Å²) in [4.78, 5) is 16.5. The van der Waals surface area contributed by atoms with Crippen LogP contribution in [0.3, 0.4) is 0 Å². The molecule has 0 aliphatic rings. The van der Waals surface area contributed by atoms with Crippen molar-refractivity contribution in [3.63, 3.8) is 0 Å². The fourth-order valence-corrected chi connectivity index (χ4v) is 2.22. The molecule has 94 valence electrons. The number of hydrogen-bond donors (Lipinski definition) is 2. The zero-order chi connectivity index (χ0) is 13.1. The SMILES string of the molecule is Cc1nc(CNC(=O)c2ccc(Br)cc2S)no1. The first-order chi connectivity index (χ1) is 8.56. The average Bonchev–Trinajstić information content (AvgIpc) is 2.72. The lowest BCUT2D eigenvalue weighted by molar-refractivity contribution is 0.0946. The number of carbonyl (C=O) groups excluding carboxylic acids is 1.